The van der Waals surface area contributed by atoms with Crippen molar-refractivity contribution >= 4 is 21.8 Å². The summed E-state index contributed by atoms with van der Waals surface area (Å²) in [7, 11) is 1.75. The van der Waals surface area contributed by atoms with Crippen molar-refractivity contribution in [2.75, 3.05) is 13.6 Å². The highest BCUT2D eigenvalue weighted by Crippen LogP contribution is 2.29. The minimum Gasteiger partial charge on any atom is -0.338 e. The van der Waals surface area contributed by atoms with Crippen LogP contribution < -0.4 is 5.73 Å². The number of carbonyl (C=O) groups is 1. The summed E-state index contributed by atoms with van der Waals surface area (Å²) >= 11 is 3.26. The topological polar surface area (TPSA) is 46.3 Å². The lowest BCUT2D eigenvalue weighted by molar-refractivity contribution is 0.0615. The molecule has 0 heterocycles. The minimum atomic E-state index is -0.490. The van der Waals surface area contributed by atoms with Crippen molar-refractivity contribution in [3.63, 3.8) is 0 Å². The predicted octanol–water partition coefficient (Wildman–Crippen LogP) is 3.18. The Labute approximate surface area is 127 Å². The molecule has 1 amide bonds. The zero-order chi connectivity index (χ0) is 14.7. The van der Waals surface area contributed by atoms with Crippen molar-refractivity contribution < 1.29 is 9.18 Å². The molecule has 110 valence electrons. The van der Waals surface area contributed by atoms with Crippen molar-refractivity contribution in [2.45, 2.75) is 31.7 Å². The predicted molar refractivity (Wildman–Crippen MR) is 81.0 cm³/mol. The quantitative estimate of drug-likeness (QED) is 0.916. The highest BCUT2D eigenvalue weighted by atomic mass is 79.9. The van der Waals surface area contributed by atoms with Crippen LogP contribution in [0.5, 0.6) is 0 Å². The SMILES string of the molecule is CN(C(=O)c1c(F)cccc1Br)C1CCCCC1CN. The Morgan fingerprint density at radius 3 is 2.80 bits per heavy atom. The molecule has 3 nitrogen and oxygen atoms in total. The van der Waals surface area contributed by atoms with Crippen LogP contribution in [0.4, 0.5) is 4.39 Å². The third-order valence-corrected chi connectivity index (χ3v) is 4.83. The maximum absolute atomic E-state index is 13.9. The highest BCUT2D eigenvalue weighted by molar-refractivity contribution is 9.10. The maximum Gasteiger partial charge on any atom is 0.257 e. The van der Waals surface area contributed by atoms with Gasteiger partial charge in [0.05, 0.1) is 5.56 Å². The molecule has 0 spiro atoms. The van der Waals surface area contributed by atoms with E-state index in [-0.39, 0.29) is 17.5 Å². The van der Waals surface area contributed by atoms with E-state index in [1.165, 1.54) is 6.07 Å². The van der Waals surface area contributed by atoms with Crippen molar-refractivity contribution in [3.8, 4) is 0 Å². The average molecular weight is 343 g/mol. The standard InChI is InChI=1S/C15H20BrFN2O/c1-19(13-8-3-2-5-10(13)9-18)15(20)14-11(16)6-4-7-12(14)17/h4,6-7,10,13H,2-3,5,8-9,18H2,1H3. The second-order valence-electron chi connectivity index (χ2n) is 5.36. The molecule has 0 saturated heterocycles. The number of carbonyl (C=O) groups excluding carboxylic acids is 1. The van der Waals surface area contributed by atoms with Crippen molar-refractivity contribution in [2.24, 2.45) is 11.7 Å². The summed E-state index contributed by atoms with van der Waals surface area (Å²) in [5, 5.41) is 0. The number of hydrogen-bond donors (Lipinski definition) is 1. The Morgan fingerprint density at radius 2 is 2.15 bits per heavy atom. The van der Waals surface area contributed by atoms with Crippen LogP contribution in [0.25, 0.3) is 0 Å². The fraction of sp³-hybridized carbons (Fsp3) is 0.533. The van der Waals surface area contributed by atoms with E-state index in [0.29, 0.717) is 16.9 Å². The zero-order valence-electron chi connectivity index (χ0n) is 11.6. The first kappa shape index (κ1) is 15.4. The van der Waals surface area contributed by atoms with E-state index in [1.54, 1.807) is 24.1 Å². The Balaban J connectivity index is 2.23. The molecule has 5 heteroatoms. The van der Waals surface area contributed by atoms with Crippen LogP contribution in [-0.2, 0) is 0 Å². The van der Waals surface area contributed by atoms with Gasteiger partial charge in [0.2, 0.25) is 0 Å². The molecular weight excluding hydrogens is 323 g/mol. The number of rotatable bonds is 3. The Kier molecular flexibility index (Phi) is 5.16. The molecule has 1 aromatic rings. The fourth-order valence-corrected chi connectivity index (χ4v) is 3.51. The van der Waals surface area contributed by atoms with E-state index in [2.05, 4.69) is 15.9 Å². The first-order valence-electron chi connectivity index (χ1n) is 6.97. The molecule has 2 N–H and O–H groups in total. The summed E-state index contributed by atoms with van der Waals surface area (Å²) in [6.45, 7) is 0.570. The lowest BCUT2D eigenvalue weighted by Crippen LogP contribution is -2.46. The molecular formula is C15H20BrFN2O. The first-order valence-corrected chi connectivity index (χ1v) is 7.76. The molecule has 1 aliphatic rings. The van der Waals surface area contributed by atoms with E-state index in [1.807, 2.05) is 0 Å². The van der Waals surface area contributed by atoms with Crippen LogP contribution in [0, 0.1) is 11.7 Å². The van der Waals surface area contributed by atoms with Crippen LogP contribution in [0.15, 0.2) is 22.7 Å². The number of nitrogens with two attached hydrogens (primary N) is 1. The van der Waals surface area contributed by atoms with Gasteiger partial charge in [-0.05, 0) is 53.4 Å². The van der Waals surface area contributed by atoms with Crippen molar-refractivity contribution in [3.05, 3.63) is 34.1 Å². The average Bonchev–Trinajstić information content (AvgIpc) is 2.46. The van der Waals surface area contributed by atoms with E-state index in [9.17, 15) is 9.18 Å². The van der Waals surface area contributed by atoms with Crippen LogP contribution in [-0.4, -0.2) is 30.4 Å². The number of hydrogen-bond acceptors (Lipinski definition) is 2. The molecule has 2 unspecified atom stereocenters. The van der Waals surface area contributed by atoms with Gasteiger partial charge in [-0.15, -0.1) is 0 Å². The molecule has 1 aliphatic carbocycles. The van der Waals surface area contributed by atoms with Gasteiger partial charge >= 0.3 is 0 Å². The number of amides is 1. The molecule has 1 saturated carbocycles. The van der Waals surface area contributed by atoms with Gasteiger partial charge in [0.25, 0.3) is 5.91 Å². The van der Waals surface area contributed by atoms with Crippen LogP contribution >= 0.6 is 15.9 Å². The molecule has 0 aliphatic heterocycles. The van der Waals surface area contributed by atoms with Gasteiger partial charge in [0, 0.05) is 17.6 Å². The third-order valence-electron chi connectivity index (χ3n) is 4.17. The smallest absolute Gasteiger partial charge is 0.257 e. The molecule has 0 bridgehead atoms. The lowest BCUT2D eigenvalue weighted by Gasteiger charge is -2.37. The summed E-state index contributed by atoms with van der Waals surface area (Å²) in [6.07, 6.45) is 4.23. The molecule has 0 aromatic heterocycles. The highest BCUT2D eigenvalue weighted by Gasteiger charge is 2.31. The first-order chi connectivity index (χ1) is 9.56. The fourth-order valence-electron chi connectivity index (χ4n) is 3.00. The lowest BCUT2D eigenvalue weighted by atomic mass is 9.83. The van der Waals surface area contributed by atoms with Crippen LogP contribution in [0.1, 0.15) is 36.0 Å². The zero-order valence-corrected chi connectivity index (χ0v) is 13.2. The van der Waals surface area contributed by atoms with E-state index < -0.39 is 5.82 Å². The molecule has 2 atom stereocenters. The maximum atomic E-state index is 13.9. The molecule has 1 aromatic carbocycles. The largest absolute Gasteiger partial charge is 0.338 e. The van der Waals surface area contributed by atoms with Gasteiger partial charge in [0.15, 0.2) is 0 Å². The minimum absolute atomic E-state index is 0.104. The molecule has 20 heavy (non-hydrogen) atoms. The number of benzene rings is 1. The summed E-state index contributed by atoms with van der Waals surface area (Å²) < 4.78 is 14.4. The Hall–Kier alpha value is -0.940. The molecule has 0 radical (unpaired) electrons. The summed E-state index contributed by atoms with van der Waals surface area (Å²) in [5.74, 6) is -0.458. The second kappa shape index (κ2) is 6.68. The van der Waals surface area contributed by atoms with E-state index in [4.69, 9.17) is 5.73 Å². The second-order valence-corrected chi connectivity index (χ2v) is 6.21. The van der Waals surface area contributed by atoms with E-state index >= 15 is 0 Å². The van der Waals surface area contributed by atoms with Crippen molar-refractivity contribution in [1.29, 1.82) is 0 Å². The Morgan fingerprint density at radius 1 is 1.45 bits per heavy atom. The van der Waals surface area contributed by atoms with Gasteiger partial charge in [-0.2, -0.15) is 0 Å². The summed E-state index contributed by atoms with van der Waals surface area (Å²) in [4.78, 5) is 14.2. The van der Waals surface area contributed by atoms with Gasteiger partial charge in [-0.3, -0.25) is 4.79 Å². The van der Waals surface area contributed by atoms with Gasteiger partial charge in [-0.25, -0.2) is 4.39 Å². The van der Waals surface area contributed by atoms with Crippen LogP contribution in [0.2, 0.25) is 0 Å². The summed E-state index contributed by atoms with van der Waals surface area (Å²) in [6, 6.07) is 4.69. The van der Waals surface area contributed by atoms with E-state index in [0.717, 1.165) is 25.7 Å². The number of nitrogens with zero attached hydrogens (tertiary/aromatic N) is 1. The summed E-state index contributed by atoms with van der Waals surface area (Å²) in [5.41, 5.74) is 5.92. The monoisotopic (exact) mass is 342 g/mol. The van der Waals surface area contributed by atoms with Gasteiger partial charge in [-0.1, -0.05) is 18.9 Å². The van der Waals surface area contributed by atoms with Crippen LogP contribution in [0.3, 0.4) is 0 Å². The molecule has 1 fully saturated rings. The van der Waals surface area contributed by atoms with Gasteiger partial charge in [0.1, 0.15) is 5.82 Å². The normalized spacial score (nSPS) is 22.6. The van der Waals surface area contributed by atoms with Gasteiger partial charge < -0.3 is 10.6 Å². The third kappa shape index (κ3) is 3.04. The molecule has 2 rings (SSSR count). The Bertz CT molecular complexity index is 475. The number of halogens is 2. The van der Waals surface area contributed by atoms with Crippen molar-refractivity contribution in [1.82, 2.24) is 4.90 Å².